The molecule has 0 unspecified atom stereocenters. The maximum atomic E-state index is 11.8. The summed E-state index contributed by atoms with van der Waals surface area (Å²) >= 11 is 6.65. The van der Waals surface area contributed by atoms with Gasteiger partial charge in [0.15, 0.2) is 0 Å². The molecule has 0 atom stereocenters. The number of aryl methyl sites for hydroxylation is 1. The minimum Gasteiger partial charge on any atom is -0.384 e. The Morgan fingerprint density at radius 2 is 1.97 bits per heavy atom. The lowest BCUT2D eigenvalue weighted by Gasteiger charge is -2.36. The lowest BCUT2D eigenvalue weighted by molar-refractivity contribution is -0.127. The number of pyridine rings is 1. The molecule has 8 heteroatoms. The van der Waals surface area contributed by atoms with Gasteiger partial charge in [0.05, 0.1) is 16.4 Å². The number of amides is 1. The van der Waals surface area contributed by atoms with E-state index in [2.05, 4.69) is 16.6 Å². The molecular weight excluding hydrogens is 412 g/mol. The standard InChI is InChI=1S/C23H27ClN6O/c1-4-8-27-19-14-16(22-15(3)6-7-20(25)28-22)18(24)13-17(19)23(26)30-11-9-29(10-12-30)21(31)5-2/h5-8,13-14,26H,2,4,9-12H2,1,3H3,(H2,25,28)/b26-23?,27-8-. The average molecular weight is 439 g/mol. The summed E-state index contributed by atoms with van der Waals surface area (Å²) in [5.41, 5.74) is 9.57. The van der Waals surface area contributed by atoms with Gasteiger partial charge in [-0.05, 0) is 43.2 Å². The van der Waals surface area contributed by atoms with Crippen LogP contribution in [0.3, 0.4) is 0 Å². The first-order valence-corrected chi connectivity index (χ1v) is 10.6. The molecule has 1 aliphatic rings. The molecule has 2 heterocycles. The van der Waals surface area contributed by atoms with Crippen LogP contribution >= 0.6 is 11.6 Å². The van der Waals surface area contributed by atoms with Crippen LogP contribution in [0, 0.1) is 12.3 Å². The van der Waals surface area contributed by atoms with E-state index in [1.165, 1.54) is 6.08 Å². The fraction of sp³-hybridized carbons (Fsp3) is 0.304. The number of benzene rings is 1. The molecule has 0 aliphatic carbocycles. The van der Waals surface area contributed by atoms with Crippen molar-refractivity contribution in [3.8, 4) is 11.3 Å². The van der Waals surface area contributed by atoms with Gasteiger partial charge in [-0.2, -0.15) is 0 Å². The Morgan fingerprint density at radius 1 is 1.29 bits per heavy atom. The van der Waals surface area contributed by atoms with Gasteiger partial charge in [0.25, 0.3) is 0 Å². The van der Waals surface area contributed by atoms with Crippen molar-refractivity contribution in [1.29, 1.82) is 5.41 Å². The minimum absolute atomic E-state index is 0.0863. The maximum absolute atomic E-state index is 11.8. The van der Waals surface area contributed by atoms with E-state index in [0.29, 0.717) is 59.8 Å². The quantitative estimate of drug-likeness (QED) is 0.417. The average Bonchev–Trinajstić information content (AvgIpc) is 2.78. The van der Waals surface area contributed by atoms with Crippen LogP contribution in [0.4, 0.5) is 11.5 Å². The maximum Gasteiger partial charge on any atom is 0.246 e. The number of halogens is 1. The third-order valence-electron chi connectivity index (χ3n) is 5.21. The number of aromatic nitrogens is 1. The second-order valence-corrected chi connectivity index (χ2v) is 7.74. The molecule has 1 aliphatic heterocycles. The first-order valence-electron chi connectivity index (χ1n) is 10.2. The number of carbonyl (C=O) groups excluding carboxylic acids is 1. The SMILES string of the molecule is C=CC(=O)N1CCN(C(=N)c2cc(Cl)c(-c3nc(N)ccc3C)cc2/N=C\CC)CC1. The predicted molar refractivity (Wildman–Crippen MR) is 127 cm³/mol. The van der Waals surface area contributed by atoms with Crippen LogP contribution in [0.1, 0.15) is 24.5 Å². The second-order valence-electron chi connectivity index (χ2n) is 7.34. The lowest BCUT2D eigenvalue weighted by atomic mass is 10.0. The smallest absolute Gasteiger partial charge is 0.246 e. The Balaban J connectivity index is 1.97. The number of carbonyl (C=O) groups is 1. The van der Waals surface area contributed by atoms with Crippen molar-refractivity contribution >= 4 is 41.1 Å². The first-order chi connectivity index (χ1) is 14.8. The van der Waals surface area contributed by atoms with Crippen LogP contribution < -0.4 is 5.73 Å². The molecule has 31 heavy (non-hydrogen) atoms. The number of nitrogen functional groups attached to an aromatic ring is 1. The number of nitrogens with zero attached hydrogens (tertiary/aromatic N) is 4. The third kappa shape index (κ3) is 4.94. The van der Waals surface area contributed by atoms with E-state index in [1.807, 2.05) is 37.1 Å². The van der Waals surface area contributed by atoms with Crippen molar-refractivity contribution in [2.24, 2.45) is 4.99 Å². The molecule has 3 rings (SSSR count). The summed E-state index contributed by atoms with van der Waals surface area (Å²) in [4.78, 5) is 24.6. The minimum atomic E-state index is -0.0863. The summed E-state index contributed by atoms with van der Waals surface area (Å²) in [7, 11) is 0. The molecule has 7 nitrogen and oxygen atoms in total. The number of hydrogen-bond acceptors (Lipinski definition) is 5. The lowest BCUT2D eigenvalue weighted by Crippen LogP contribution is -2.50. The molecule has 0 bridgehead atoms. The van der Waals surface area contributed by atoms with Crippen molar-refractivity contribution in [3.05, 3.63) is 53.1 Å². The molecule has 0 saturated carbocycles. The first kappa shape index (κ1) is 22.5. The summed E-state index contributed by atoms with van der Waals surface area (Å²) in [6.45, 7) is 9.70. The van der Waals surface area contributed by atoms with Gasteiger partial charge in [0.2, 0.25) is 5.91 Å². The van der Waals surface area contributed by atoms with E-state index < -0.39 is 0 Å². The number of hydrogen-bond donors (Lipinski definition) is 2. The molecule has 0 spiro atoms. The number of piperazine rings is 1. The van der Waals surface area contributed by atoms with Gasteiger partial charge in [-0.25, -0.2) is 4.98 Å². The molecule has 1 amide bonds. The van der Waals surface area contributed by atoms with Crippen LogP contribution in [-0.4, -0.2) is 58.9 Å². The Labute approximate surface area is 187 Å². The van der Waals surface area contributed by atoms with Crippen LogP contribution in [0.15, 0.2) is 41.9 Å². The summed E-state index contributed by atoms with van der Waals surface area (Å²) < 4.78 is 0. The summed E-state index contributed by atoms with van der Waals surface area (Å²) in [5.74, 6) is 0.663. The van der Waals surface area contributed by atoms with Gasteiger partial charge >= 0.3 is 0 Å². The number of anilines is 1. The van der Waals surface area contributed by atoms with Crippen molar-refractivity contribution in [2.75, 3.05) is 31.9 Å². The summed E-state index contributed by atoms with van der Waals surface area (Å²) in [6.07, 6.45) is 3.90. The molecule has 2 aromatic rings. The van der Waals surface area contributed by atoms with E-state index in [0.717, 1.165) is 17.5 Å². The molecule has 162 valence electrons. The molecule has 1 aromatic heterocycles. The highest BCUT2D eigenvalue weighted by atomic mass is 35.5. The predicted octanol–water partition coefficient (Wildman–Crippen LogP) is 4.06. The van der Waals surface area contributed by atoms with E-state index >= 15 is 0 Å². The number of aliphatic imine (C=N–C) groups is 1. The van der Waals surface area contributed by atoms with Gasteiger partial charge in [-0.3, -0.25) is 15.2 Å². The summed E-state index contributed by atoms with van der Waals surface area (Å²) in [5, 5.41) is 9.28. The molecule has 1 fully saturated rings. The number of rotatable bonds is 5. The zero-order valence-electron chi connectivity index (χ0n) is 17.9. The van der Waals surface area contributed by atoms with Crippen molar-refractivity contribution in [3.63, 3.8) is 0 Å². The Hall–Kier alpha value is -3.19. The van der Waals surface area contributed by atoms with Gasteiger partial charge in [-0.15, -0.1) is 0 Å². The fourth-order valence-corrected chi connectivity index (χ4v) is 3.75. The van der Waals surface area contributed by atoms with Gasteiger partial charge in [0.1, 0.15) is 11.7 Å². The van der Waals surface area contributed by atoms with E-state index in [-0.39, 0.29) is 5.91 Å². The van der Waals surface area contributed by atoms with Gasteiger partial charge in [-0.1, -0.05) is 31.2 Å². The van der Waals surface area contributed by atoms with Crippen molar-refractivity contribution in [2.45, 2.75) is 20.3 Å². The van der Waals surface area contributed by atoms with Crippen LogP contribution in [0.25, 0.3) is 11.3 Å². The Bertz CT molecular complexity index is 1040. The number of nitrogens with one attached hydrogen (secondary N) is 1. The zero-order valence-corrected chi connectivity index (χ0v) is 18.6. The van der Waals surface area contributed by atoms with Gasteiger partial charge in [0, 0.05) is 43.5 Å². The molecule has 1 aromatic carbocycles. The molecule has 0 radical (unpaired) electrons. The summed E-state index contributed by atoms with van der Waals surface area (Å²) in [6, 6.07) is 7.30. The second kappa shape index (κ2) is 9.75. The van der Waals surface area contributed by atoms with Crippen molar-refractivity contribution < 1.29 is 4.79 Å². The monoisotopic (exact) mass is 438 g/mol. The fourth-order valence-electron chi connectivity index (χ4n) is 3.50. The topological polar surface area (TPSA) is 98.7 Å². The van der Waals surface area contributed by atoms with Gasteiger partial charge < -0.3 is 15.5 Å². The molecular formula is C23H27ClN6O. The van der Waals surface area contributed by atoms with Crippen molar-refractivity contribution in [1.82, 2.24) is 14.8 Å². The Kier molecular flexibility index (Phi) is 7.07. The van der Waals surface area contributed by atoms with Crippen LogP contribution in [0.5, 0.6) is 0 Å². The van der Waals surface area contributed by atoms with E-state index in [4.69, 9.17) is 22.7 Å². The molecule has 1 saturated heterocycles. The Morgan fingerprint density at radius 3 is 2.61 bits per heavy atom. The van der Waals surface area contributed by atoms with E-state index in [9.17, 15) is 4.79 Å². The highest BCUT2D eigenvalue weighted by molar-refractivity contribution is 6.34. The molecule has 3 N–H and O–H groups in total. The normalized spacial score (nSPS) is 14.2. The number of amidine groups is 1. The van der Waals surface area contributed by atoms with Crippen LogP contribution in [0.2, 0.25) is 5.02 Å². The van der Waals surface area contributed by atoms with E-state index in [1.54, 1.807) is 17.0 Å². The third-order valence-corrected chi connectivity index (χ3v) is 5.52. The largest absolute Gasteiger partial charge is 0.384 e. The highest BCUT2D eigenvalue weighted by Crippen LogP contribution is 2.36. The highest BCUT2D eigenvalue weighted by Gasteiger charge is 2.24. The van der Waals surface area contributed by atoms with Crippen LogP contribution in [-0.2, 0) is 4.79 Å². The zero-order chi connectivity index (χ0) is 22.5. The number of nitrogens with two attached hydrogens (primary N) is 1.